The molecule has 0 aliphatic carbocycles. The number of nitrogens with zero attached hydrogens (tertiary/aromatic N) is 3. The van der Waals surface area contributed by atoms with E-state index in [9.17, 15) is 0 Å². The molecular formula is C14H24N4. The maximum Gasteiger partial charge on any atom is 0.222 e. The van der Waals surface area contributed by atoms with Crippen LogP contribution in [0.25, 0.3) is 0 Å². The maximum absolute atomic E-state index is 4.34. The number of anilines is 1. The molecule has 0 radical (unpaired) electrons. The van der Waals surface area contributed by atoms with Crippen LogP contribution >= 0.6 is 0 Å². The van der Waals surface area contributed by atoms with Crippen LogP contribution in [-0.2, 0) is 0 Å². The minimum atomic E-state index is 0.762. The molecule has 1 N–H and O–H groups in total. The fraction of sp³-hybridized carbons (Fsp3) is 0.714. The van der Waals surface area contributed by atoms with Gasteiger partial charge >= 0.3 is 0 Å². The van der Waals surface area contributed by atoms with Gasteiger partial charge in [0.05, 0.1) is 0 Å². The van der Waals surface area contributed by atoms with E-state index in [1.807, 2.05) is 19.2 Å². The Balaban J connectivity index is 1.61. The minimum absolute atomic E-state index is 0.762. The van der Waals surface area contributed by atoms with Gasteiger partial charge in [-0.3, -0.25) is 0 Å². The molecule has 1 aliphatic heterocycles. The number of aryl methyl sites for hydroxylation is 1. The highest BCUT2D eigenvalue weighted by atomic mass is 15.1. The Morgan fingerprint density at radius 2 is 2.17 bits per heavy atom. The van der Waals surface area contributed by atoms with Crippen LogP contribution in [-0.4, -0.2) is 41.5 Å². The Hall–Kier alpha value is -1.16. The monoisotopic (exact) mass is 248 g/mol. The van der Waals surface area contributed by atoms with Gasteiger partial charge in [0, 0.05) is 18.4 Å². The molecule has 0 unspecified atom stereocenters. The molecule has 0 bridgehead atoms. The summed E-state index contributed by atoms with van der Waals surface area (Å²) in [5, 5.41) is 3.30. The predicted octanol–water partition coefficient (Wildman–Crippen LogP) is 2.32. The van der Waals surface area contributed by atoms with Crippen molar-refractivity contribution in [3.8, 4) is 0 Å². The number of rotatable bonds is 5. The highest BCUT2D eigenvalue weighted by Crippen LogP contribution is 2.20. The molecule has 1 aromatic heterocycles. The summed E-state index contributed by atoms with van der Waals surface area (Å²) in [6, 6.07) is 1.92. The van der Waals surface area contributed by atoms with E-state index in [4.69, 9.17) is 0 Å². The second kappa shape index (κ2) is 6.69. The van der Waals surface area contributed by atoms with Gasteiger partial charge in [-0.25, -0.2) is 9.97 Å². The standard InChI is InChI=1S/C14H24N4/c1-12-5-9-16-14(17-12)15-8-3-4-13-6-10-18(2)11-7-13/h5,9,13H,3-4,6-8,10-11H2,1-2H3,(H,15,16,17). The molecule has 1 saturated heterocycles. The van der Waals surface area contributed by atoms with Gasteiger partial charge in [0.1, 0.15) is 0 Å². The molecule has 0 spiro atoms. The lowest BCUT2D eigenvalue weighted by atomic mass is 9.92. The lowest BCUT2D eigenvalue weighted by Crippen LogP contribution is -2.30. The van der Waals surface area contributed by atoms with Gasteiger partial charge in [-0.1, -0.05) is 0 Å². The van der Waals surface area contributed by atoms with Crippen LogP contribution in [0.5, 0.6) is 0 Å². The molecule has 4 heteroatoms. The fourth-order valence-corrected chi connectivity index (χ4v) is 2.48. The Labute approximate surface area is 110 Å². The average molecular weight is 248 g/mol. The Morgan fingerprint density at radius 1 is 1.39 bits per heavy atom. The zero-order valence-corrected chi connectivity index (χ0v) is 11.5. The Bertz CT molecular complexity index is 359. The van der Waals surface area contributed by atoms with Crippen molar-refractivity contribution in [3.05, 3.63) is 18.0 Å². The summed E-state index contributed by atoms with van der Waals surface area (Å²) in [5.41, 5.74) is 1.02. The van der Waals surface area contributed by atoms with Crippen LogP contribution in [0.15, 0.2) is 12.3 Å². The van der Waals surface area contributed by atoms with E-state index >= 15 is 0 Å². The van der Waals surface area contributed by atoms with Crippen LogP contribution < -0.4 is 5.32 Å². The van der Waals surface area contributed by atoms with Gasteiger partial charge in [0.15, 0.2) is 0 Å². The molecule has 1 aromatic rings. The van der Waals surface area contributed by atoms with Crippen molar-refractivity contribution in [1.29, 1.82) is 0 Å². The summed E-state index contributed by atoms with van der Waals surface area (Å²) in [7, 11) is 2.22. The summed E-state index contributed by atoms with van der Waals surface area (Å²) >= 11 is 0. The van der Waals surface area contributed by atoms with E-state index in [1.165, 1.54) is 38.8 Å². The number of nitrogens with one attached hydrogen (secondary N) is 1. The largest absolute Gasteiger partial charge is 0.354 e. The van der Waals surface area contributed by atoms with E-state index in [1.54, 1.807) is 0 Å². The van der Waals surface area contributed by atoms with E-state index < -0.39 is 0 Å². The van der Waals surface area contributed by atoms with Crippen molar-refractivity contribution >= 4 is 5.95 Å². The molecule has 2 heterocycles. The first kappa shape index (κ1) is 13.3. The van der Waals surface area contributed by atoms with E-state index in [-0.39, 0.29) is 0 Å². The predicted molar refractivity (Wildman–Crippen MR) is 74.7 cm³/mol. The lowest BCUT2D eigenvalue weighted by Gasteiger charge is -2.28. The first-order chi connectivity index (χ1) is 8.74. The Kier molecular flexibility index (Phi) is 4.93. The van der Waals surface area contributed by atoms with Crippen LogP contribution in [0.3, 0.4) is 0 Å². The molecule has 1 fully saturated rings. The van der Waals surface area contributed by atoms with Gasteiger partial charge in [0.2, 0.25) is 5.95 Å². The van der Waals surface area contributed by atoms with Crippen LogP contribution in [0.4, 0.5) is 5.95 Å². The molecule has 18 heavy (non-hydrogen) atoms. The quantitative estimate of drug-likeness (QED) is 0.812. The van der Waals surface area contributed by atoms with Gasteiger partial charge < -0.3 is 10.2 Å². The number of hydrogen-bond acceptors (Lipinski definition) is 4. The minimum Gasteiger partial charge on any atom is -0.354 e. The van der Waals surface area contributed by atoms with Gasteiger partial charge in [-0.15, -0.1) is 0 Å². The number of hydrogen-bond donors (Lipinski definition) is 1. The second-order valence-electron chi connectivity index (χ2n) is 5.34. The summed E-state index contributed by atoms with van der Waals surface area (Å²) in [4.78, 5) is 11.0. The third-order valence-electron chi connectivity index (χ3n) is 3.71. The molecule has 4 nitrogen and oxygen atoms in total. The van der Waals surface area contributed by atoms with Crippen molar-refractivity contribution in [1.82, 2.24) is 14.9 Å². The number of aromatic nitrogens is 2. The molecule has 2 rings (SSSR count). The number of piperidine rings is 1. The second-order valence-corrected chi connectivity index (χ2v) is 5.34. The summed E-state index contributed by atoms with van der Waals surface area (Å²) in [6.45, 7) is 5.50. The van der Waals surface area contributed by atoms with E-state index in [2.05, 4.69) is 27.2 Å². The molecule has 100 valence electrons. The third kappa shape index (κ3) is 4.26. The van der Waals surface area contributed by atoms with Crippen molar-refractivity contribution in [2.45, 2.75) is 32.6 Å². The summed E-state index contributed by atoms with van der Waals surface area (Å²) < 4.78 is 0. The zero-order valence-electron chi connectivity index (χ0n) is 11.5. The first-order valence-corrected chi connectivity index (χ1v) is 6.96. The van der Waals surface area contributed by atoms with Gasteiger partial charge in [-0.05, 0) is 64.7 Å². The lowest BCUT2D eigenvalue weighted by molar-refractivity contribution is 0.211. The zero-order chi connectivity index (χ0) is 12.8. The van der Waals surface area contributed by atoms with Crippen molar-refractivity contribution in [3.63, 3.8) is 0 Å². The summed E-state index contributed by atoms with van der Waals surface area (Å²) in [6.07, 6.45) is 7.06. The number of likely N-dealkylation sites (tertiary alicyclic amines) is 1. The fourth-order valence-electron chi connectivity index (χ4n) is 2.48. The molecule has 1 aliphatic rings. The first-order valence-electron chi connectivity index (χ1n) is 6.96. The highest BCUT2D eigenvalue weighted by Gasteiger charge is 2.15. The smallest absolute Gasteiger partial charge is 0.222 e. The molecule has 0 aromatic carbocycles. The summed E-state index contributed by atoms with van der Waals surface area (Å²) in [5.74, 6) is 1.68. The highest BCUT2D eigenvalue weighted by molar-refractivity contribution is 5.24. The van der Waals surface area contributed by atoms with Crippen molar-refractivity contribution < 1.29 is 0 Å². The van der Waals surface area contributed by atoms with E-state index in [0.717, 1.165) is 24.1 Å². The van der Waals surface area contributed by atoms with Gasteiger partial charge in [-0.2, -0.15) is 0 Å². The molecule has 0 atom stereocenters. The normalized spacial score (nSPS) is 17.9. The van der Waals surface area contributed by atoms with Gasteiger partial charge in [0.25, 0.3) is 0 Å². The van der Waals surface area contributed by atoms with Crippen LogP contribution in [0, 0.1) is 12.8 Å². The van der Waals surface area contributed by atoms with Crippen molar-refractivity contribution in [2.75, 3.05) is 32.0 Å². The molecular weight excluding hydrogens is 224 g/mol. The molecule has 0 saturated carbocycles. The van der Waals surface area contributed by atoms with Crippen LogP contribution in [0.1, 0.15) is 31.4 Å². The molecule has 0 amide bonds. The average Bonchev–Trinajstić information content (AvgIpc) is 2.37. The Morgan fingerprint density at radius 3 is 2.89 bits per heavy atom. The third-order valence-corrected chi connectivity index (χ3v) is 3.71. The van der Waals surface area contributed by atoms with E-state index in [0.29, 0.717) is 0 Å². The SMILES string of the molecule is Cc1ccnc(NCCCC2CCN(C)CC2)n1. The van der Waals surface area contributed by atoms with Crippen LogP contribution in [0.2, 0.25) is 0 Å². The van der Waals surface area contributed by atoms with Crippen molar-refractivity contribution in [2.24, 2.45) is 5.92 Å². The topological polar surface area (TPSA) is 41.1 Å². The maximum atomic E-state index is 4.34.